The number of methoxy groups -OCH3 is 1. The molecule has 3 N–H and O–H groups in total. The Balaban J connectivity index is 2.35. The van der Waals surface area contributed by atoms with E-state index >= 15 is 0 Å². The van der Waals surface area contributed by atoms with Gasteiger partial charge in [-0.05, 0) is 55.7 Å². The van der Waals surface area contributed by atoms with Crippen LogP contribution < -0.4 is 10.5 Å². The lowest BCUT2D eigenvalue weighted by Crippen LogP contribution is -2.51. The highest BCUT2D eigenvalue weighted by molar-refractivity contribution is 5.33. The summed E-state index contributed by atoms with van der Waals surface area (Å²) in [6, 6.07) is 7.73. The summed E-state index contributed by atoms with van der Waals surface area (Å²) in [4.78, 5) is 0. The summed E-state index contributed by atoms with van der Waals surface area (Å²) in [5.74, 6) is 0.774. The van der Waals surface area contributed by atoms with Crippen LogP contribution in [0.5, 0.6) is 5.75 Å². The summed E-state index contributed by atoms with van der Waals surface area (Å²) in [6.45, 7) is 7.02. The Hall–Kier alpha value is -1.06. The molecule has 0 bridgehead atoms. The molecule has 0 amide bonds. The third-order valence-electron chi connectivity index (χ3n) is 5.62. The molecule has 0 radical (unpaired) electrons. The second kappa shape index (κ2) is 5.62. The van der Waals surface area contributed by atoms with Gasteiger partial charge in [-0.25, -0.2) is 0 Å². The van der Waals surface area contributed by atoms with Gasteiger partial charge in [0.15, 0.2) is 0 Å². The SMILES string of the molecule is COc1cccc(C(C)(O)C2(CN)CCC(C)(C)CC2)c1. The van der Waals surface area contributed by atoms with Gasteiger partial charge in [-0.3, -0.25) is 0 Å². The van der Waals surface area contributed by atoms with Crippen LogP contribution in [-0.2, 0) is 5.60 Å². The topological polar surface area (TPSA) is 55.5 Å². The van der Waals surface area contributed by atoms with Crippen molar-refractivity contribution in [2.45, 2.75) is 52.1 Å². The van der Waals surface area contributed by atoms with Gasteiger partial charge in [-0.1, -0.05) is 26.0 Å². The van der Waals surface area contributed by atoms with E-state index in [1.807, 2.05) is 31.2 Å². The molecule has 1 atom stereocenters. The third kappa shape index (κ3) is 2.95. The molecule has 21 heavy (non-hydrogen) atoms. The quantitative estimate of drug-likeness (QED) is 0.893. The van der Waals surface area contributed by atoms with Crippen LogP contribution in [-0.4, -0.2) is 18.8 Å². The van der Waals surface area contributed by atoms with Crippen LogP contribution in [0.3, 0.4) is 0 Å². The molecular formula is C18H29NO2. The number of aliphatic hydroxyl groups is 1. The second-order valence-electron chi connectivity index (χ2n) is 7.45. The van der Waals surface area contributed by atoms with Crippen molar-refractivity contribution in [2.24, 2.45) is 16.6 Å². The van der Waals surface area contributed by atoms with Gasteiger partial charge in [0, 0.05) is 12.0 Å². The molecule has 0 aromatic heterocycles. The van der Waals surface area contributed by atoms with E-state index in [9.17, 15) is 5.11 Å². The molecule has 0 aliphatic heterocycles. The van der Waals surface area contributed by atoms with Crippen molar-refractivity contribution in [1.29, 1.82) is 0 Å². The molecule has 1 saturated carbocycles. The fraction of sp³-hybridized carbons (Fsp3) is 0.667. The fourth-order valence-corrected chi connectivity index (χ4v) is 3.53. The largest absolute Gasteiger partial charge is 0.497 e. The van der Waals surface area contributed by atoms with Crippen molar-refractivity contribution in [2.75, 3.05) is 13.7 Å². The molecule has 0 saturated heterocycles. The van der Waals surface area contributed by atoms with E-state index in [0.29, 0.717) is 12.0 Å². The monoisotopic (exact) mass is 291 g/mol. The minimum Gasteiger partial charge on any atom is -0.497 e. The lowest BCUT2D eigenvalue weighted by Gasteiger charge is -2.51. The molecule has 1 fully saturated rings. The number of nitrogens with two attached hydrogens (primary N) is 1. The van der Waals surface area contributed by atoms with Crippen LogP contribution in [0.15, 0.2) is 24.3 Å². The zero-order valence-corrected chi connectivity index (χ0v) is 13.8. The molecule has 1 aliphatic carbocycles. The van der Waals surface area contributed by atoms with E-state index in [-0.39, 0.29) is 5.41 Å². The van der Waals surface area contributed by atoms with Crippen LogP contribution in [0.25, 0.3) is 0 Å². The second-order valence-corrected chi connectivity index (χ2v) is 7.45. The van der Waals surface area contributed by atoms with Crippen molar-refractivity contribution in [3.8, 4) is 5.75 Å². The maximum absolute atomic E-state index is 11.3. The maximum atomic E-state index is 11.3. The number of hydrogen-bond acceptors (Lipinski definition) is 3. The smallest absolute Gasteiger partial charge is 0.119 e. The Labute approximate surface area is 128 Å². The first-order valence-electron chi connectivity index (χ1n) is 7.83. The van der Waals surface area contributed by atoms with Crippen molar-refractivity contribution in [1.82, 2.24) is 0 Å². The van der Waals surface area contributed by atoms with Gasteiger partial charge in [0.2, 0.25) is 0 Å². The first kappa shape index (κ1) is 16.3. The summed E-state index contributed by atoms with van der Waals surface area (Å²) < 4.78 is 5.29. The molecule has 118 valence electrons. The predicted octanol–water partition coefficient (Wildman–Crippen LogP) is 3.45. The third-order valence-corrected chi connectivity index (χ3v) is 5.62. The molecule has 3 nitrogen and oxygen atoms in total. The normalized spacial score (nSPS) is 23.3. The Morgan fingerprint density at radius 1 is 1.24 bits per heavy atom. The van der Waals surface area contributed by atoms with Gasteiger partial charge in [0.05, 0.1) is 12.7 Å². The molecular weight excluding hydrogens is 262 g/mol. The Kier molecular flexibility index (Phi) is 4.36. The maximum Gasteiger partial charge on any atom is 0.119 e. The molecule has 0 heterocycles. The number of rotatable bonds is 4. The number of benzene rings is 1. The summed E-state index contributed by atoms with van der Waals surface area (Å²) in [7, 11) is 1.65. The van der Waals surface area contributed by atoms with Gasteiger partial charge >= 0.3 is 0 Å². The standard InChI is InChI=1S/C18H29NO2/c1-16(2)8-10-18(13-19,11-9-16)17(3,20)14-6-5-7-15(12-14)21-4/h5-7,12,20H,8-11,13,19H2,1-4H3. The average molecular weight is 291 g/mol. The zero-order chi connectivity index (χ0) is 15.7. The zero-order valence-electron chi connectivity index (χ0n) is 13.8. The van der Waals surface area contributed by atoms with Gasteiger partial charge in [0.25, 0.3) is 0 Å². The summed E-state index contributed by atoms with van der Waals surface area (Å²) in [6.07, 6.45) is 4.12. The predicted molar refractivity (Wildman–Crippen MR) is 86.3 cm³/mol. The van der Waals surface area contributed by atoms with Crippen LogP contribution in [0.1, 0.15) is 52.0 Å². The van der Waals surface area contributed by atoms with Crippen molar-refractivity contribution in [3.05, 3.63) is 29.8 Å². The van der Waals surface area contributed by atoms with Gasteiger partial charge in [-0.15, -0.1) is 0 Å². The Morgan fingerprint density at radius 3 is 2.38 bits per heavy atom. The van der Waals surface area contributed by atoms with Crippen molar-refractivity contribution in [3.63, 3.8) is 0 Å². The van der Waals surface area contributed by atoms with Crippen LogP contribution >= 0.6 is 0 Å². The van der Waals surface area contributed by atoms with Crippen LogP contribution in [0.2, 0.25) is 0 Å². The highest BCUT2D eigenvalue weighted by atomic mass is 16.5. The van der Waals surface area contributed by atoms with E-state index in [2.05, 4.69) is 13.8 Å². The lowest BCUT2D eigenvalue weighted by molar-refractivity contribution is -0.105. The van der Waals surface area contributed by atoms with E-state index in [1.54, 1.807) is 7.11 Å². The molecule has 1 aliphatic rings. The Morgan fingerprint density at radius 2 is 1.86 bits per heavy atom. The minimum atomic E-state index is -0.938. The summed E-state index contributed by atoms with van der Waals surface area (Å²) in [5, 5.41) is 11.3. The molecule has 0 spiro atoms. The van der Waals surface area contributed by atoms with Gasteiger partial charge < -0.3 is 15.6 Å². The molecule has 1 aromatic rings. The highest BCUT2D eigenvalue weighted by Gasteiger charge is 2.50. The van der Waals surface area contributed by atoms with Crippen LogP contribution in [0.4, 0.5) is 0 Å². The average Bonchev–Trinajstić information content (AvgIpc) is 2.47. The fourth-order valence-electron chi connectivity index (χ4n) is 3.53. The first-order valence-corrected chi connectivity index (χ1v) is 7.83. The van der Waals surface area contributed by atoms with Crippen LogP contribution in [0, 0.1) is 10.8 Å². The minimum absolute atomic E-state index is 0.255. The number of ether oxygens (including phenoxy) is 1. The van der Waals surface area contributed by atoms with E-state index < -0.39 is 5.60 Å². The lowest BCUT2D eigenvalue weighted by atomic mass is 9.57. The van der Waals surface area contributed by atoms with Gasteiger partial charge in [0.1, 0.15) is 5.75 Å². The first-order chi connectivity index (χ1) is 9.76. The molecule has 3 heteroatoms. The van der Waals surface area contributed by atoms with E-state index in [4.69, 9.17) is 10.5 Å². The van der Waals surface area contributed by atoms with E-state index in [0.717, 1.165) is 37.0 Å². The molecule has 2 rings (SSSR count). The van der Waals surface area contributed by atoms with Crippen molar-refractivity contribution >= 4 is 0 Å². The molecule has 1 unspecified atom stereocenters. The van der Waals surface area contributed by atoms with Crippen molar-refractivity contribution < 1.29 is 9.84 Å². The Bertz CT molecular complexity index is 484. The highest BCUT2D eigenvalue weighted by Crippen LogP contribution is 2.53. The van der Waals surface area contributed by atoms with Gasteiger partial charge in [-0.2, -0.15) is 0 Å². The molecule has 1 aromatic carbocycles. The van der Waals surface area contributed by atoms with E-state index in [1.165, 1.54) is 0 Å². The summed E-state index contributed by atoms with van der Waals surface area (Å²) >= 11 is 0. The number of hydrogen-bond donors (Lipinski definition) is 2. The summed E-state index contributed by atoms with van der Waals surface area (Å²) in [5.41, 5.74) is 6.18.